The molecule has 0 aliphatic rings. The van der Waals surface area contributed by atoms with Gasteiger partial charge in [-0.3, -0.25) is 0 Å². The van der Waals surface area contributed by atoms with Crippen LogP contribution in [0.15, 0.2) is 53.4 Å². The molecule has 2 N–H and O–H groups in total. The Morgan fingerprint density at radius 2 is 1.75 bits per heavy atom. The van der Waals surface area contributed by atoms with E-state index in [1.54, 1.807) is 18.2 Å². The van der Waals surface area contributed by atoms with E-state index < -0.39 is 9.84 Å². The van der Waals surface area contributed by atoms with Gasteiger partial charge in [0, 0.05) is 25.5 Å². The molecule has 4 nitrogen and oxygen atoms in total. The van der Waals surface area contributed by atoms with E-state index in [2.05, 4.69) is 0 Å². The normalized spacial score (nSPS) is 11.3. The second-order valence-electron chi connectivity index (χ2n) is 4.84. The van der Waals surface area contributed by atoms with Crippen LogP contribution in [0.4, 0.5) is 11.4 Å². The largest absolute Gasteiger partial charge is 0.398 e. The van der Waals surface area contributed by atoms with Crippen molar-refractivity contribution in [2.45, 2.75) is 11.4 Å². The van der Waals surface area contributed by atoms with E-state index in [4.69, 9.17) is 5.73 Å². The van der Waals surface area contributed by atoms with Gasteiger partial charge in [0.2, 0.25) is 0 Å². The topological polar surface area (TPSA) is 63.4 Å². The van der Waals surface area contributed by atoms with Crippen molar-refractivity contribution in [1.29, 1.82) is 0 Å². The van der Waals surface area contributed by atoms with Crippen molar-refractivity contribution in [3.05, 3.63) is 54.1 Å². The Balaban J connectivity index is 2.24. The van der Waals surface area contributed by atoms with E-state index in [-0.39, 0.29) is 10.6 Å². The average Bonchev–Trinajstić information content (AvgIpc) is 2.38. The summed E-state index contributed by atoms with van der Waals surface area (Å²) in [4.78, 5) is 2.20. The summed E-state index contributed by atoms with van der Waals surface area (Å²) >= 11 is 0. The monoisotopic (exact) mass is 290 g/mol. The van der Waals surface area contributed by atoms with Crippen LogP contribution in [0, 0.1) is 0 Å². The average molecular weight is 290 g/mol. The zero-order chi connectivity index (χ0) is 14.8. The van der Waals surface area contributed by atoms with Crippen molar-refractivity contribution in [1.82, 2.24) is 0 Å². The second kappa shape index (κ2) is 5.54. The number of nitrogens with two attached hydrogens (primary N) is 1. The molecule has 0 aliphatic carbocycles. The van der Waals surface area contributed by atoms with E-state index in [1.807, 2.05) is 42.3 Å². The van der Waals surface area contributed by atoms with Crippen molar-refractivity contribution >= 4 is 21.2 Å². The van der Waals surface area contributed by atoms with Gasteiger partial charge < -0.3 is 10.6 Å². The molecule has 5 heteroatoms. The Hall–Kier alpha value is -2.01. The van der Waals surface area contributed by atoms with Crippen LogP contribution < -0.4 is 10.6 Å². The third-order valence-electron chi connectivity index (χ3n) is 3.10. The molecule has 20 heavy (non-hydrogen) atoms. The van der Waals surface area contributed by atoms with Gasteiger partial charge in [0.15, 0.2) is 9.84 Å². The molecule has 2 rings (SSSR count). The minimum atomic E-state index is -3.28. The highest BCUT2D eigenvalue weighted by molar-refractivity contribution is 7.90. The van der Waals surface area contributed by atoms with Crippen LogP contribution in [0.3, 0.4) is 0 Å². The van der Waals surface area contributed by atoms with Gasteiger partial charge in [0.1, 0.15) is 0 Å². The Kier molecular flexibility index (Phi) is 3.99. The van der Waals surface area contributed by atoms with E-state index in [9.17, 15) is 8.42 Å². The van der Waals surface area contributed by atoms with Crippen LogP contribution in [-0.4, -0.2) is 21.7 Å². The van der Waals surface area contributed by atoms with Crippen LogP contribution in [-0.2, 0) is 16.4 Å². The summed E-state index contributed by atoms with van der Waals surface area (Å²) in [7, 11) is -1.33. The minimum absolute atomic E-state index is 0.175. The van der Waals surface area contributed by atoms with Crippen LogP contribution >= 0.6 is 0 Å². The molecule has 0 saturated heterocycles. The number of hydrogen-bond acceptors (Lipinski definition) is 4. The fourth-order valence-electron chi connectivity index (χ4n) is 2.06. The van der Waals surface area contributed by atoms with Crippen molar-refractivity contribution < 1.29 is 8.42 Å². The number of anilines is 2. The maximum absolute atomic E-state index is 11.5. The van der Waals surface area contributed by atoms with Crippen LogP contribution in [0.25, 0.3) is 0 Å². The molecule has 106 valence electrons. The van der Waals surface area contributed by atoms with Gasteiger partial charge in [-0.25, -0.2) is 8.42 Å². The van der Waals surface area contributed by atoms with Crippen molar-refractivity contribution in [3.63, 3.8) is 0 Å². The molecule has 0 heterocycles. The van der Waals surface area contributed by atoms with Gasteiger partial charge in [-0.1, -0.05) is 30.3 Å². The lowest BCUT2D eigenvalue weighted by Crippen LogP contribution is -2.16. The molecule has 0 spiro atoms. The van der Waals surface area contributed by atoms with Gasteiger partial charge in [-0.05, 0) is 23.8 Å². The highest BCUT2D eigenvalue weighted by atomic mass is 32.2. The summed E-state index contributed by atoms with van der Waals surface area (Å²) in [6.07, 6.45) is 1.16. The summed E-state index contributed by atoms with van der Waals surface area (Å²) in [6, 6.07) is 15.1. The lowest BCUT2D eigenvalue weighted by atomic mass is 10.2. The summed E-state index contributed by atoms with van der Waals surface area (Å²) in [5.74, 6) is 0. The molecule has 0 amide bonds. The molecule has 0 atom stereocenters. The molecular formula is C15H18N2O2S. The first-order valence-corrected chi connectivity index (χ1v) is 8.12. The summed E-state index contributed by atoms with van der Waals surface area (Å²) < 4.78 is 23.1. The van der Waals surface area contributed by atoms with Crippen molar-refractivity contribution in [2.75, 3.05) is 23.9 Å². The molecule has 0 aromatic heterocycles. The fourth-order valence-corrected chi connectivity index (χ4v) is 2.86. The van der Waals surface area contributed by atoms with Crippen LogP contribution in [0.2, 0.25) is 0 Å². The number of rotatable bonds is 4. The number of benzene rings is 2. The smallest absolute Gasteiger partial charge is 0.177 e. The molecule has 0 aliphatic heterocycles. The van der Waals surface area contributed by atoms with E-state index in [1.165, 1.54) is 5.56 Å². The van der Waals surface area contributed by atoms with Crippen molar-refractivity contribution in [2.24, 2.45) is 0 Å². The van der Waals surface area contributed by atoms with Gasteiger partial charge in [-0.15, -0.1) is 0 Å². The fraction of sp³-hybridized carbons (Fsp3) is 0.200. The summed E-state index contributed by atoms with van der Waals surface area (Å²) in [5, 5.41) is 0. The van der Waals surface area contributed by atoms with Crippen LogP contribution in [0.1, 0.15) is 5.56 Å². The second-order valence-corrected chi connectivity index (χ2v) is 6.82. The molecule has 0 fully saturated rings. The predicted octanol–water partition coefficient (Wildman–Crippen LogP) is 2.31. The third kappa shape index (κ3) is 3.30. The Labute approximate surface area is 119 Å². The van der Waals surface area contributed by atoms with Crippen LogP contribution in [0.5, 0.6) is 0 Å². The van der Waals surface area contributed by atoms with Gasteiger partial charge in [0.05, 0.1) is 10.6 Å². The summed E-state index contributed by atoms with van der Waals surface area (Å²) in [5.41, 5.74) is 8.18. The van der Waals surface area contributed by atoms with Crippen molar-refractivity contribution in [3.8, 4) is 0 Å². The molecule has 0 bridgehead atoms. The maximum Gasteiger partial charge on any atom is 0.177 e. The Morgan fingerprint density at radius 3 is 2.30 bits per heavy atom. The number of nitrogen functional groups attached to an aromatic ring is 1. The Bertz CT molecular complexity index is 697. The number of nitrogens with zero attached hydrogens (tertiary/aromatic N) is 1. The zero-order valence-corrected chi connectivity index (χ0v) is 12.4. The minimum Gasteiger partial charge on any atom is -0.398 e. The maximum atomic E-state index is 11.5. The predicted molar refractivity (Wildman–Crippen MR) is 82.5 cm³/mol. The SMILES string of the molecule is CN(Cc1ccccc1)c1ccc(S(C)(=O)=O)c(N)c1. The van der Waals surface area contributed by atoms with E-state index in [0.29, 0.717) is 0 Å². The number of hydrogen-bond donors (Lipinski definition) is 1. The molecule has 2 aromatic carbocycles. The van der Waals surface area contributed by atoms with E-state index >= 15 is 0 Å². The molecule has 0 unspecified atom stereocenters. The van der Waals surface area contributed by atoms with Gasteiger partial charge >= 0.3 is 0 Å². The lowest BCUT2D eigenvalue weighted by Gasteiger charge is -2.20. The first-order chi connectivity index (χ1) is 9.38. The van der Waals surface area contributed by atoms with Gasteiger partial charge in [0.25, 0.3) is 0 Å². The highest BCUT2D eigenvalue weighted by Crippen LogP contribution is 2.25. The first kappa shape index (κ1) is 14.4. The third-order valence-corrected chi connectivity index (χ3v) is 4.27. The first-order valence-electron chi connectivity index (χ1n) is 6.22. The highest BCUT2D eigenvalue weighted by Gasteiger charge is 2.13. The van der Waals surface area contributed by atoms with E-state index in [0.717, 1.165) is 18.5 Å². The summed E-state index contributed by atoms with van der Waals surface area (Å²) in [6.45, 7) is 0.735. The standard InChI is InChI=1S/C15H18N2O2S/c1-17(11-12-6-4-3-5-7-12)13-8-9-15(14(16)10-13)20(2,18)19/h3-10H,11,16H2,1-2H3. The number of sulfone groups is 1. The molecule has 0 saturated carbocycles. The molecule has 2 aromatic rings. The quantitative estimate of drug-likeness (QED) is 0.878. The lowest BCUT2D eigenvalue weighted by molar-refractivity contribution is 0.602. The Morgan fingerprint density at radius 1 is 1.10 bits per heavy atom. The van der Waals surface area contributed by atoms with Gasteiger partial charge in [-0.2, -0.15) is 0 Å². The zero-order valence-electron chi connectivity index (χ0n) is 11.6. The molecule has 0 radical (unpaired) electrons. The molecular weight excluding hydrogens is 272 g/mol.